The van der Waals surface area contributed by atoms with Gasteiger partial charge in [0.1, 0.15) is 0 Å². The molecule has 2 rings (SSSR count). The summed E-state index contributed by atoms with van der Waals surface area (Å²) in [6.07, 6.45) is 0.835. The number of fused-ring (bicyclic) bond motifs is 1. The highest BCUT2D eigenvalue weighted by Gasteiger charge is 2.23. The van der Waals surface area contributed by atoms with Crippen molar-refractivity contribution in [1.29, 1.82) is 0 Å². The number of aliphatic hydroxyl groups excluding tert-OH is 1. The van der Waals surface area contributed by atoms with Crippen molar-refractivity contribution in [2.75, 3.05) is 25.4 Å². The Morgan fingerprint density at radius 1 is 1.47 bits per heavy atom. The van der Waals surface area contributed by atoms with Crippen molar-refractivity contribution in [3.05, 3.63) is 29.3 Å². The van der Waals surface area contributed by atoms with Crippen LogP contribution in [-0.4, -0.2) is 35.6 Å². The Bertz CT molecular complexity index is 390. The molecule has 0 aliphatic carbocycles. The number of hydrogen-bond donors (Lipinski definition) is 2. The maximum absolute atomic E-state index is 11.9. The first-order chi connectivity index (χ1) is 7.22. The second kappa shape index (κ2) is 3.90. The Kier molecular flexibility index (Phi) is 2.60. The molecular formula is C11H14N2O2. The highest BCUT2D eigenvalue weighted by molar-refractivity contribution is 5.97. The highest BCUT2D eigenvalue weighted by Crippen LogP contribution is 2.20. The van der Waals surface area contributed by atoms with Crippen molar-refractivity contribution in [3.63, 3.8) is 0 Å². The van der Waals surface area contributed by atoms with Crippen LogP contribution in [0.25, 0.3) is 0 Å². The summed E-state index contributed by atoms with van der Waals surface area (Å²) in [5.41, 5.74) is 7.97. The Balaban J connectivity index is 2.32. The fourth-order valence-corrected chi connectivity index (χ4v) is 1.87. The number of hydrogen-bond acceptors (Lipinski definition) is 3. The van der Waals surface area contributed by atoms with Crippen LogP contribution in [0.3, 0.4) is 0 Å². The van der Waals surface area contributed by atoms with Crippen LogP contribution >= 0.6 is 0 Å². The van der Waals surface area contributed by atoms with Crippen molar-refractivity contribution in [2.24, 2.45) is 0 Å². The molecule has 80 valence electrons. The van der Waals surface area contributed by atoms with E-state index in [1.165, 1.54) is 0 Å². The van der Waals surface area contributed by atoms with Crippen LogP contribution in [0.5, 0.6) is 0 Å². The van der Waals surface area contributed by atoms with Crippen LogP contribution in [0.1, 0.15) is 15.9 Å². The van der Waals surface area contributed by atoms with Crippen LogP contribution in [0.15, 0.2) is 18.2 Å². The third-order valence-corrected chi connectivity index (χ3v) is 2.67. The summed E-state index contributed by atoms with van der Waals surface area (Å²) < 4.78 is 0. The number of β-amino-alcohol motifs (C(OH)–C–C–N with tert-alkyl or cyclic N) is 1. The topological polar surface area (TPSA) is 66.6 Å². The number of nitrogens with two attached hydrogens (primary N) is 1. The second-order valence-corrected chi connectivity index (χ2v) is 3.68. The zero-order valence-corrected chi connectivity index (χ0v) is 8.44. The van der Waals surface area contributed by atoms with E-state index in [9.17, 15) is 4.79 Å². The lowest BCUT2D eigenvalue weighted by atomic mass is 9.98. The molecule has 0 atom stereocenters. The van der Waals surface area contributed by atoms with Gasteiger partial charge in [0.15, 0.2) is 0 Å². The minimum Gasteiger partial charge on any atom is -0.399 e. The summed E-state index contributed by atoms with van der Waals surface area (Å²) in [6.45, 7) is 1.08. The molecular weight excluding hydrogens is 192 g/mol. The average Bonchev–Trinajstić information content (AvgIpc) is 2.23. The number of carbonyl (C=O) groups excluding carboxylic acids is 1. The van der Waals surface area contributed by atoms with Gasteiger partial charge in [0.25, 0.3) is 5.91 Å². The zero-order chi connectivity index (χ0) is 10.8. The van der Waals surface area contributed by atoms with E-state index in [1.807, 2.05) is 12.1 Å². The monoisotopic (exact) mass is 206 g/mol. The van der Waals surface area contributed by atoms with Gasteiger partial charge in [0.2, 0.25) is 0 Å². The largest absolute Gasteiger partial charge is 0.399 e. The molecule has 0 fully saturated rings. The third kappa shape index (κ3) is 1.80. The highest BCUT2D eigenvalue weighted by atomic mass is 16.3. The molecule has 0 radical (unpaired) electrons. The Hall–Kier alpha value is -1.55. The molecule has 0 saturated carbocycles. The van der Waals surface area contributed by atoms with Crippen molar-refractivity contribution in [2.45, 2.75) is 6.42 Å². The first-order valence-electron chi connectivity index (χ1n) is 5.01. The molecule has 0 unspecified atom stereocenters. The molecule has 0 aromatic heterocycles. The first kappa shape index (κ1) is 9.98. The first-order valence-corrected chi connectivity index (χ1v) is 5.01. The molecule has 0 bridgehead atoms. The van der Waals surface area contributed by atoms with Crippen LogP contribution in [0, 0.1) is 0 Å². The lowest BCUT2D eigenvalue weighted by Gasteiger charge is -2.28. The molecule has 1 heterocycles. The quantitative estimate of drug-likeness (QED) is 0.682. The number of nitrogens with zero attached hydrogens (tertiary/aromatic N) is 1. The van der Waals surface area contributed by atoms with Crippen LogP contribution in [0.2, 0.25) is 0 Å². The van der Waals surface area contributed by atoms with Gasteiger partial charge in [0, 0.05) is 24.3 Å². The van der Waals surface area contributed by atoms with Gasteiger partial charge in [-0.2, -0.15) is 0 Å². The number of aliphatic hydroxyl groups is 1. The van der Waals surface area contributed by atoms with E-state index in [1.54, 1.807) is 11.0 Å². The van der Waals surface area contributed by atoms with Crippen molar-refractivity contribution in [3.8, 4) is 0 Å². The fraction of sp³-hybridized carbons (Fsp3) is 0.364. The number of rotatable bonds is 2. The minimum atomic E-state index is -0.0300. The summed E-state index contributed by atoms with van der Waals surface area (Å²) in [5.74, 6) is -0.0300. The molecule has 1 aromatic carbocycles. The van der Waals surface area contributed by atoms with Gasteiger partial charge in [0.05, 0.1) is 6.61 Å². The van der Waals surface area contributed by atoms with E-state index in [-0.39, 0.29) is 12.5 Å². The predicted octanol–water partition coefficient (Wildman–Crippen LogP) is 0.259. The molecule has 4 heteroatoms. The number of anilines is 1. The molecule has 3 N–H and O–H groups in total. The lowest BCUT2D eigenvalue weighted by molar-refractivity contribution is 0.0705. The second-order valence-electron chi connectivity index (χ2n) is 3.68. The van der Waals surface area contributed by atoms with E-state index in [0.717, 1.165) is 12.0 Å². The van der Waals surface area contributed by atoms with Crippen LogP contribution < -0.4 is 5.73 Å². The Morgan fingerprint density at radius 2 is 2.27 bits per heavy atom. The lowest BCUT2D eigenvalue weighted by Crippen LogP contribution is -2.39. The smallest absolute Gasteiger partial charge is 0.254 e. The summed E-state index contributed by atoms with van der Waals surface area (Å²) in [7, 11) is 0. The minimum absolute atomic E-state index is 0.00336. The Morgan fingerprint density at radius 3 is 3.00 bits per heavy atom. The summed E-state index contributed by atoms with van der Waals surface area (Å²) >= 11 is 0. The third-order valence-electron chi connectivity index (χ3n) is 2.67. The number of amides is 1. The zero-order valence-electron chi connectivity index (χ0n) is 8.44. The molecule has 0 spiro atoms. The molecule has 1 aromatic rings. The molecule has 4 nitrogen and oxygen atoms in total. The van der Waals surface area contributed by atoms with E-state index in [4.69, 9.17) is 10.8 Å². The summed E-state index contributed by atoms with van der Waals surface area (Å²) in [5, 5.41) is 8.82. The molecule has 1 aliphatic rings. The standard InChI is InChI=1S/C11H14N2O2/c12-9-2-1-8-3-4-13(5-6-14)11(15)10(8)7-9/h1-2,7,14H,3-6,12H2. The normalized spacial score (nSPS) is 15.3. The molecule has 0 saturated heterocycles. The van der Waals surface area contributed by atoms with Gasteiger partial charge in [-0.1, -0.05) is 6.07 Å². The predicted molar refractivity (Wildman–Crippen MR) is 57.5 cm³/mol. The molecule has 1 aliphatic heterocycles. The van der Waals surface area contributed by atoms with E-state index >= 15 is 0 Å². The number of carbonyl (C=O) groups is 1. The van der Waals surface area contributed by atoms with Gasteiger partial charge in [-0.25, -0.2) is 0 Å². The van der Waals surface area contributed by atoms with E-state index in [2.05, 4.69) is 0 Å². The summed E-state index contributed by atoms with van der Waals surface area (Å²) in [4.78, 5) is 13.6. The number of benzene rings is 1. The van der Waals surface area contributed by atoms with Gasteiger partial charge >= 0.3 is 0 Å². The van der Waals surface area contributed by atoms with Gasteiger partial charge in [-0.3, -0.25) is 4.79 Å². The molecule has 1 amide bonds. The van der Waals surface area contributed by atoms with E-state index < -0.39 is 0 Å². The van der Waals surface area contributed by atoms with Crippen LogP contribution in [-0.2, 0) is 6.42 Å². The summed E-state index contributed by atoms with van der Waals surface area (Å²) in [6, 6.07) is 5.42. The maximum Gasteiger partial charge on any atom is 0.254 e. The van der Waals surface area contributed by atoms with Gasteiger partial charge < -0.3 is 15.7 Å². The average molecular weight is 206 g/mol. The van der Waals surface area contributed by atoms with Crippen LogP contribution in [0.4, 0.5) is 5.69 Å². The van der Waals surface area contributed by atoms with Crippen molar-refractivity contribution < 1.29 is 9.90 Å². The van der Waals surface area contributed by atoms with Gasteiger partial charge in [-0.05, 0) is 24.1 Å². The van der Waals surface area contributed by atoms with Gasteiger partial charge in [-0.15, -0.1) is 0 Å². The number of nitrogen functional groups attached to an aromatic ring is 1. The SMILES string of the molecule is Nc1ccc2c(c1)C(=O)N(CCO)CC2. The van der Waals surface area contributed by atoms with Crippen molar-refractivity contribution in [1.82, 2.24) is 4.90 Å². The van der Waals surface area contributed by atoms with Crippen molar-refractivity contribution >= 4 is 11.6 Å². The molecule has 15 heavy (non-hydrogen) atoms. The maximum atomic E-state index is 11.9. The fourth-order valence-electron chi connectivity index (χ4n) is 1.87. The Labute approximate surface area is 88.3 Å². The van der Waals surface area contributed by atoms with E-state index in [0.29, 0.717) is 24.3 Å².